The van der Waals surface area contributed by atoms with Crippen LogP contribution in [0.25, 0.3) is 0 Å². The number of esters is 1. The van der Waals surface area contributed by atoms with Gasteiger partial charge in [-0.1, -0.05) is 0 Å². The first-order valence-electron chi connectivity index (χ1n) is 5.35. The lowest BCUT2D eigenvalue weighted by Crippen LogP contribution is -2.10. The molecule has 0 aromatic heterocycles. The van der Waals surface area contributed by atoms with Gasteiger partial charge in [-0.3, -0.25) is 4.79 Å². The molecule has 6 nitrogen and oxygen atoms in total. The van der Waals surface area contributed by atoms with Gasteiger partial charge in [-0.2, -0.15) is 5.10 Å². The Morgan fingerprint density at radius 2 is 2.17 bits per heavy atom. The van der Waals surface area contributed by atoms with Crippen LogP contribution in [0.4, 0.5) is 0 Å². The van der Waals surface area contributed by atoms with Crippen molar-refractivity contribution in [3.63, 3.8) is 0 Å². The molecule has 0 amide bonds. The Morgan fingerprint density at radius 1 is 1.39 bits per heavy atom. The third kappa shape index (κ3) is 4.32. The van der Waals surface area contributed by atoms with Crippen LogP contribution in [0.1, 0.15) is 12.5 Å². The lowest BCUT2D eigenvalue weighted by molar-refractivity contribution is -0.141. The van der Waals surface area contributed by atoms with Crippen molar-refractivity contribution >= 4 is 12.2 Å². The quantitative estimate of drug-likeness (QED) is 0.268. The minimum absolute atomic E-state index is 0.199. The molecule has 0 saturated heterocycles. The molecular weight excluding hydrogens is 236 g/mol. The van der Waals surface area contributed by atoms with Gasteiger partial charge in [-0.15, -0.1) is 0 Å². The molecule has 0 heterocycles. The van der Waals surface area contributed by atoms with E-state index in [0.29, 0.717) is 11.5 Å². The van der Waals surface area contributed by atoms with Gasteiger partial charge >= 0.3 is 5.97 Å². The molecular formula is C12H16N2O4. The zero-order chi connectivity index (χ0) is 13.4. The number of hydrogen-bond acceptors (Lipinski definition) is 6. The molecule has 1 rings (SSSR count). The molecule has 0 spiro atoms. The molecule has 0 aliphatic heterocycles. The van der Waals surface area contributed by atoms with Gasteiger partial charge in [0.05, 0.1) is 13.3 Å². The fourth-order valence-corrected chi connectivity index (χ4v) is 1.31. The molecule has 0 fully saturated rings. The highest BCUT2D eigenvalue weighted by atomic mass is 16.6. The molecule has 0 unspecified atom stereocenters. The molecule has 0 radical (unpaired) electrons. The van der Waals surface area contributed by atoms with Crippen molar-refractivity contribution in [1.29, 1.82) is 0 Å². The fraction of sp³-hybridized carbons (Fsp3) is 0.333. The van der Waals surface area contributed by atoms with Crippen LogP contribution in [0, 0.1) is 0 Å². The number of carbonyl (C=O) groups excluding carboxylic acids is 1. The van der Waals surface area contributed by atoms with Gasteiger partial charge in [0, 0.05) is 6.92 Å². The second-order valence-electron chi connectivity index (χ2n) is 3.38. The monoisotopic (exact) mass is 252 g/mol. The van der Waals surface area contributed by atoms with Gasteiger partial charge in [0.15, 0.2) is 11.5 Å². The van der Waals surface area contributed by atoms with E-state index in [1.165, 1.54) is 20.2 Å². The maximum absolute atomic E-state index is 10.6. The van der Waals surface area contributed by atoms with Gasteiger partial charge in [0.25, 0.3) is 0 Å². The third-order valence-corrected chi connectivity index (χ3v) is 2.06. The van der Waals surface area contributed by atoms with Gasteiger partial charge in [0.1, 0.15) is 13.2 Å². The molecule has 0 aliphatic carbocycles. The SMILES string of the molecule is COc1cc(C=NN)ccc1OCCOC(C)=O. The molecule has 1 aromatic rings. The highest BCUT2D eigenvalue weighted by Gasteiger charge is 2.05. The molecule has 18 heavy (non-hydrogen) atoms. The van der Waals surface area contributed by atoms with E-state index in [1.54, 1.807) is 18.2 Å². The number of nitrogens with two attached hydrogens (primary N) is 1. The lowest BCUT2D eigenvalue weighted by Gasteiger charge is -2.11. The second kappa shape index (κ2) is 7.16. The van der Waals surface area contributed by atoms with Crippen LogP contribution in [0.2, 0.25) is 0 Å². The van der Waals surface area contributed by atoms with Gasteiger partial charge in [-0.05, 0) is 23.8 Å². The van der Waals surface area contributed by atoms with Crippen molar-refractivity contribution in [3.8, 4) is 11.5 Å². The number of hydrazone groups is 1. The standard InChI is InChI=1S/C12H16N2O4/c1-9(15)17-5-6-18-11-4-3-10(8-14-13)7-12(11)16-2/h3-4,7-8H,5-6,13H2,1-2H3. The van der Waals surface area contributed by atoms with E-state index in [4.69, 9.17) is 20.1 Å². The topological polar surface area (TPSA) is 83.1 Å². The van der Waals surface area contributed by atoms with Crippen LogP contribution in [0.15, 0.2) is 23.3 Å². The van der Waals surface area contributed by atoms with E-state index in [0.717, 1.165) is 5.56 Å². The summed E-state index contributed by atoms with van der Waals surface area (Å²) in [4.78, 5) is 10.6. The maximum Gasteiger partial charge on any atom is 0.302 e. The Hall–Kier alpha value is -2.24. The molecule has 0 saturated carbocycles. The minimum Gasteiger partial charge on any atom is -0.493 e. The highest BCUT2D eigenvalue weighted by molar-refractivity contribution is 5.80. The van der Waals surface area contributed by atoms with Gasteiger partial charge in [-0.25, -0.2) is 0 Å². The lowest BCUT2D eigenvalue weighted by atomic mass is 10.2. The predicted molar refractivity (Wildman–Crippen MR) is 66.9 cm³/mol. The molecule has 0 aliphatic rings. The van der Waals surface area contributed by atoms with Crippen molar-refractivity contribution in [1.82, 2.24) is 0 Å². The van der Waals surface area contributed by atoms with Crippen LogP contribution in [-0.2, 0) is 9.53 Å². The van der Waals surface area contributed by atoms with Crippen molar-refractivity contribution in [2.45, 2.75) is 6.92 Å². The summed E-state index contributed by atoms with van der Waals surface area (Å²) in [5, 5.41) is 3.43. The van der Waals surface area contributed by atoms with E-state index in [-0.39, 0.29) is 19.2 Å². The number of hydrogen-bond donors (Lipinski definition) is 1. The summed E-state index contributed by atoms with van der Waals surface area (Å²) >= 11 is 0. The van der Waals surface area contributed by atoms with E-state index in [1.807, 2.05) is 0 Å². The Labute approximate surface area is 105 Å². The Morgan fingerprint density at radius 3 is 2.78 bits per heavy atom. The summed E-state index contributed by atoms with van der Waals surface area (Å²) in [7, 11) is 1.54. The first kappa shape index (κ1) is 13.8. The van der Waals surface area contributed by atoms with Crippen molar-refractivity contribution in [3.05, 3.63) is 23.8 Å². The zero-order valence-electron chi connectivity index (χ0n) is 10.4. The van der Waals surface area contributed by atoms with Crippen molar-refractivity contribution in [2.75, 3.05) is 20.3 Å². The van der Waals surface area contributed by atoms with E-state index >= 15 is 0 Å². The van der Waals surface area contributed by atoms with Gasteiger partial charge in [0.2, 0.25) is 0 Å². The average molecular weight is 252 g/mol. The minimum atomic E-state index is -0.333. The fourth-order valence-electron chi connectivity index (χ4n) is 1.31. The van der Waals surface area contributed by atoms with Crippen LogP contribution in [-0.4, -0.2) is 32.5 Å². The molecule has 0 atom stereocenters. The molecule has 98 valence electrons. The van der Waals surface area contributed by atoms with Crippen molar-refractivity contribution in [2.24, 2.45) is 10.9 Å². The number of benzene rings is 1. The first-order chi connectivity index (χ1) is 8.67. The predicted octanol–water partition coefficient (Wildman–Crippen LogP) is 0.930. The van der Waals surface area contributed by atoms with Gasteiger partial charge < -0.3 is 20.1 Å². The molecule has 1 aromatic carbocycles. The van der Waals surface area contributed by atoms with Crippen LogP contribution < -0.4 is 15.3 Å². The van der Waals surface area contributed by atoms with E-state index < -0.39 is 0 Å². The maximum atomic E-state index is 10.6. The number of carbonyl (C=O) groups is 1. The normalized spacial score (nSPS) is 10.3. The highest BCUT2D eigenvalue weighted by Crippen LogP contribution is 2.27. The summed E-state index contributed by atoms with van der Waals surface area (Å²) in [6.07, 6.45) is 1.51. The summed E-state index contributed by atoms with van der Waals surface area (Å²) in [5.74, 6) is 5.87. The Balaban J connectivity index is 2.62. The average Bonchev–Trinajstić information content (AvgIpc) is 2.35. The Bertz CT molecular complexity index is 432. The van der Waals surface area contributed by atoms with Crippen LogP contribution >= 0.6 is 0 Å². The molecule has 2 N–H and O–H groups in total. The van der Waals surface area contributed by atoms with Crippen LogP contribution in [0.3, 0.4) is 0 Å². The van der Waals surface area contributed by atoms with Crippen molar-refractivity contribution < 1.29 is 19.0 Å². The number of ether oxygens (including phenoxy) is 3. The summed E-state index contributed by atoms with van der Waals surface area (Å²) < 4.78 is 15.4. The second-order valence-corrected chi connectivity index (χ2v) is 3.38. The summed E-state index contributed by atoms with van der Waals surface area (Å²) in [6, 6.07) is 5.28. The first-order valence-corrected chi connectivity index (χ1v) is 5.35. The number of nitrogens with zero attached hydrogens (tertiary/aromatic N) is 1. The number of methoxy groups -OCH3 is 1. The smallest absolute Gasteiger partial charge is 0.302 e. The Kier molecular flexibility index (Phi) is 5.50. The third-order valence-electron chi connectivity index (χ3n) is 2.06. The largest absolute Gasteiger partial charge is 0.493 e. The zero-order valence-corrected chi connectivity index (χ0v) is 10.4. The summed E-state index contributed by atoms with van der Waals surface area (Å²) in [5.41, 5.74) is 0.807. The molecule has 6 heteroatoms. The summed E-state index contributed by atoms with van der Waals surface area (Å²) in [6.45, 7) is 1.81. The molecule has 0 bridgehead atoms. The van der Waals surface area contributed by atoms with E-state index in [9.17, 15) is 4.79 Å². The number of rotatable bonds is 6. The van der Waals surface area contributed by atoms with Crippen LogP contribution in [0.5, 0.6) is 11.5 Å². The van der Waals surface area contributed by atoms with E-state index in [2.05, 4.69) is 5.10 Å².